The molecule has 284 valence electrons. The zero-order valence-electron chi connectivity index (χ0n) is 33.3. The number of hydrogen-bond acceptors (Lipinski definition) is 1. The van der Waals surface area contributed by atoms with E-state index in [1.165, 1.54) is 82.6 Å². The molecular formula is C59H38N2. The van der Waals surface area contributed by atoms with Crippen LogP contribution in [-0.4, -0.2) is 4.57 Å². The second kappa shape index (κ2) is 13.0. The van der Waals surface area contributed by atoms with Crippen molar-refractivity contribution in [1.82, 2.24) is 4.57 Å². The Morgan fingerprint density at radius 2 is 0.902 bits per heavy atom. The molecule has 0 saturated carbocycles. The van der Waals surface area contributed by atoms with Gasteiger partial charge in [0.1, 0.15) is 0 Å². The Labute approximate surface area is 354 Å². The molecule has 11 aromatic rings. The molecule has 2 heteroatoms. The summed E-state index contributed by atoms with van der Waals surface area (Å²) in [7, 11) is 0. The first kappa shape index (κ1) is 34.0. The van der Waals surface area contributed by atoms with Gasteiger partial charge in [0.15, 0.2) is 0 Å². The zero-order chi connectivity index (χ0) is 40.1. The minimum absolute atomic E-state index is 0.462. The van der Waals surface area contributed by atoms with Crippen LogP contribution in [0.25, 0.3) is 71.6 Å². The summed E-state index contributed by atoms with van der Waals surface area (Å²) >= 11 is 0. The molecule has 2 nitrogen and oxygen atoms in total. The van der Waals surface area contributed by atoms with Crippen molar-refractivity contribution < 1.29 is 0 Å². The molecule has 1 spiro atoms. The lowest BCUT2D eigenvalue weighted by Crippen LogP contribution is -2.26. The minimum Gasteiger partial charge on any atom is -0.310 e. The first-order chi connectivity index (χ1) is 30.3. The fourth-order valence-corrected chi connectivity index (χ4v) is 10.9. The molecule has 2 aliphatic carbocycles. The van der Waals surface area contributed by atoms with Gasteiger partial charge in [-0.1, -0.05) is 182 Å². The molecule has 1 heterocycles. The van der Waals surface area contributed by atoms with E-state index in [9.17, 15) is 0 Å². The highest BCUT2D eigenvalue weighted by molar-refractivity contribution is 6.17. The van der Waals surface area contributed by atoms with Crippen LogP contribution >= 0.6 is 0 Å². The standard InChI is InChI=1S/C59H38N2/c1-3-18-40(19-4-1)57-56(36-35-50-49-26-12-16-30-55(49)61(58(50)57)42-21-5-2-6-22-42)60(43-32-31-39-17-7-8-20-41(39)37-43)44-33-34-48-47-25-11-15-29-53(47)59(54(48)38-44)51-27-13-9-23-45(51)46-24-10-14-28-52(46)59/h1-38H. The van der Waals surface area contributed by atoms with Gasteiger partial charge in [0.25, 0.3) is 0 Å². The van der Waals surface area contributed by atoms with E-state index in [0.717, 1.165) is 28.3 Å². The van der Waals surface area contributed by atoms with Crippen LogP contribution in [0.5, 0.6) is 0 Å². The lowest BCUT2D eigenvalue weighted by molar-refractivity contribution is 0.793. The molecule has 0 amide bonds. The van der Waals surface area contributed by atoms with Gasteiger partial charge in [0.2, 0.25) is 0 Å². The van der Waals surface area contributed by atoms with Gasteiger partial charge in [0, 0.05) is 33.4 Å². The molecule has 10 aromatic carbocycles. The molecule has 0 atom stereocenters. The number of hydrogen-bond donors (Lipinski definition) is 0. The van der Waals surface area contributed by atoms with E-state index in [2.05, 4.69) is 240 Å². The van der Waals surface area contributed by atoms with E-state index < -0.39 is 5.41 Å². The molecule has 0 bridgehead atoms. The van der Waals surface area contributed by atoms with Crippen LogP contribution in [0.2, 0.25) is 0 Å². The van der Waals surface area contributed by atoms with Crippen LogP contribution < -0.4 is 4.90 Å². The van der Waals surface area contributed by atoms with E-state index in [4.69, 9.17) is 0 Å². The Bertz CT molecular complexity index is 3480. The van der Waals surface area contributed by atoms with Gasteiger partial charge in [-0.25, -0.2) is 0 Å². The summed E-state index contributed by atoms with van der Waals surface area (Å²) in [5.41, 5.74) is 19.3. The van der Waals surface area contributed by atoms with Gasteiger partial charge < -0.3 is 9.47 Å². The van der Waals surface area contributed by atoms with Crippen LogP contribution in [0, 0.1) is 0 Å². The molecule has 2 aliphatic rings. The Morgan fingerprint density at radius 3 is 1.61 bits per heavy atom. The van der Waals surface area contributed by atoms with E-state index >= 15 is 0 Å². The van der Waals surface area contributed by atoms with Crippen molar-refractivity contribution in [2.45, 2.75) is 5.41 Å². The molecule has 0 N–H and O–H groups in total. The third-order valence-corrected chi connectivity index (χ3v) is 13.4. The maximum atomic E-state index is 2.52. The predicted molar refractivity (Wildman–Crippen MR) is 255 cm³/mol. The van der Waals surface area contributed by atoms with Crippen molar-refractivity contribution >= 4 is 49.6 Å². The highest BCUT2D eigenvalue weighted by atomic mass is 15.1. The molecule has 61 heavy (non-hydrogen) atoms. The lowest BCUT2D eigenvalue weighted by atomic mass is 9.70. The van der Waals surface area contributed by atoms with Crippen molar-refractivity contribution in [3.8, 4) is 39.1 Å². The maximum absolute atomic E-state index is 2.52. The molecule has 0 unspecified atom stereocenters. The fourth-order valence-electron chi connectivity index (χ4n) is 10.9. The number of aromatic nitrogens is 1. The van der Waals surface area contributed by atoms with Gasteiger partial charge in [-0.15, -0.1) is 0 Å². The summed E-state index contributed by atoms with van der Waals surface area (Å²) in [5, 5.41) is 4.88. The molecule has 0 radical (unpaired) electrons. The van der Waals surface area contributed by atoms with Crippen LogP contribution in [0.1, 0.15) is 22.3 Å². The molecule has 0 saturated heterocycles. The van der Waals surface area contributed by atoms with Crippen LogP contribution in [0.15, 0.2) is 231 Å². The molecule has 0 aliphatic heterocycles. The Kier molecular flexibility index (Phi) is 7.26. The zero-order valence-corrected chi connectivity index (χ0v) is 33.3. The van der Waals surface area contributed by atoms with Crippen molar-refractivity contribution in [3.63, 3.8) is 0 Å². The second-order valence-corrected chi connectivity index (χ2v) is 16.4. The van der Waals surface area contributed by atoms with Gasteiger partial charge in [-0.05, 0) is 109 Å². The number of benzene rings is 10. The summed E-state index contributed by atoms with van der Waals surface area (Å²) < 4.78 is 2.47. The van der Waals surface area contributed by atoms with E-state index in [0.29, 0.717) is 0 Å². The topological polar surface area (TPSA) is 8.17 Å². The second-order valence-electron chi connectivity index (χ2n) is 16.4. The third-order valence-electron chi connectivity index (χ3n) is 13.4. The first-order valence-electron chi connectivity index (χ1n) is 21.2. The average molecular weight is 775 g/mol. The molecular weight excluding hydrogens is 737 g/mol. The Hall–Kier alpha value is -7.94. The van der Waals surface area contributed by atoms with Crippen LogP contribution in [0.4, 0.5) is 17.1 Å². The SMILES string of the molecule is c1ccc(-c2c(N(c3ccc4c(c3)C3(c5ccccc5-c5ccccc53)c3ccccc3-4)c3ccc4ccccc4c3)ccc3c4ccccc4n(-c4ccccc4)c23)cc1. The van der Waals surface area contributed by atoms with Crippen molar-refractivity contribution in [1.29, 1.82) is 0 Å². The van der Waals surface area contributed by atoms with E-state index in [-0.39, 0.29) is 0 Å². The monoisotopic (exact) mass is 774 g/mol. The fraction of sp³-hybridized carbons (Fsp3) is 0.0169. The van der Waals surface area contributed by atoms with Gasteiger partial charge >= 0.3 is 0 Å². The van der Waals surface area contributed by atoms with Crippen molar-refractivity contribution in [2.75, 3.05) is 4.90 Å². The third kappa shape index (κ3) is 4.73. The summed E-state index contributed by atoms with van der Waals surface area (Å²) in [5.74, 6) is 0. The molecule has 1 aromatic heterocycles. The van der Waals surface area contributed by atoms with Crippen molar-refractivity contribution in [3.05, 3.63) is 253 Å². The molecule has 13 rings (SSSR count). The minimum atomic E-state index is -0.462. The van der Waals surface area contributed by atoms with E-state index in [1.807, 2.05) is 0 Å². The predicted octanol–water partition coefficient (Wildman–Crippen LogP) is 15.4. The summed E-state index contributed by atoms with van der Waals surface area (Å²) in [6.45, 7) is 0. The van der Waals surface area contributed by atoms with Gasteiger partial charge in [-0.2, -0.15) is 0 Å². The van der Waals surface area contributed by atoms with Crippen LogP contribution in [-0.2, 0) is 5.41 Å². The number of para-hydroxylation sites is 2. The summed E-state index contributed by atoms with van der Waals surface area (Å²) in [4.78, 5) is 2.52. The number of nitrogens with zero attached hydrogens (tertiary/aromatic N) is 2. The summed E-state index contributed by atoms with van der Waals surface area (Å²) in [6.07, 6.45) is 0. The first-order valence-corrected chi connectivity index (χ1v) is 21.2. The molecule has 0 fully saturated rings. The number of fused-ring (bicyclic) bond motifs is 14. The Balaban J connectivity index is 1.16. The van der Waals surface area contributed by atoms with Crippen molar-refractivity contribution in [2.24, 2.45) is 0 Å². The van der Waals surface area contributed by atoms with Gasteiger partial charge in [-0.3, -0.25) is 0 Å². The summed E-state index contributed by atoms with van der Waals surface area (Å²) in [6, 6.07) is 85.4. The number of anilines is 3. The largest absolute Gasteiger partial charge is 0.310 e. The van der Waals surface area contributed by atoms with E-state index in [1.54, 1.807) is 0 Å². The maximum Gasteiger partial charge on any atom is 0.0726 e. The lowest BCUT2D eigenvalue weighted by Gasteiger charge is -2.33. The average Bonchev–Trinajstić information content (AvgIpc) is 3.94. The smallest absolute Gasteiger partial charge is 0.0726 e. The highest BCUT2D eigenvalue weighted by Crippen LogP contribution is 2.63. The Morgan fingerprint density at radius 1 is 0.361 bits per heavy atom. The normalized spacial score (nSPS) is 13.0. The quantitative estimate of drug-likeness (QED) is 0.169. The number of rotatable bonds is 5. The van der Waals surface area contributed by atoms with Gasteiger partial charge in [0.05, 0.1) is 22.1 Å². The highest BCUT2D eigenvalue weighted by Gasteiger charge is 2.51. The van der Waals surface area contributed by atoms with Crippen LogP contribution in [0.3, 0.4) is 0 Å².